The molecule has 2 N–H and O–H groups in total. The Labute approximate surface area is 234 Å². The second kappa shape index (κ2) is 11.3. The first-order valence-electron chi connectivity index (χ1n) is 12.2. The number of ether oxygens (including phenoxy) is 3. The van der Waals surface area contributed by atoms with Crippen LogP contribution in [0.15, 0.2) is 47.3 Å². The molecule has 0 saturated heterocycles. The molecular weight excluding hydrogens is 585 g/mol. The molecule has 4 aromatic rings. The molecule has 0 amide bonds. The number of hydrogen-bond donors (Lipinski definition) is 2. The largest absolute Gasteiger partial charge is 0.494 e. The van der Waals surface area contributed by atoms with Gasteiger partial charge in [0.2, 0.25) is 5.95 Å². The number of benzene rings is 2. The molecule has 0 bridgehead atoms. The highest BCUT2D eigenvalue weighted by Crippen LogP contribution is 2.42. The summed E-state index contributed by atoms with van der Waals surface area (Å²) in [4.78, 5) is 20.1. The van der Waals surface area contributed by atoms with Gasteiger partial charge in [0.25, 0.3) is 0 Å². The van der Waals surface area contributed by atoms with E-state index in [9.17, 15) is 4.57 Å². The number of hydrogen-bond acceptors (Lipinski definition) is 11. The number of aromatic nitrogens is 4. The average molecular weight is 614 g/mol. The van der Waals surface area contributed by atoms with Gasteiger partial charge in [0.15, 0.2) is 0 Å². The number of fused-ring (bicyclic) bond motifs is 2. The monoisotopic (exact) mass is 613 g/mol. The molecule has 5 rings (SSSR count). The van der Waals surface area contributed by atoms with Crippen LogP contribution in [0.2, 0.25) is 0 Å². The van der Waals surface area contributed by atoms with Crippen molar-refractivity contribution in [3.8, 4) is 11.5 Å². The van der Waals surface area contributed by atoms with E-state index in [0.717, 1.165) is 24.5 Å². The van der Waals surface area contributed by atoms with E-state index in [1.165, 1.54) is 0 Å². The molecule has 0 saturated carbocycles. The van der Waals surface area contributed by atoms with E-state index in [-0.39, 0.29) is 0 Å². The number of halogens is 1. The summed E-state index contributed by atoms with van der Waals surface area (Å²) in [6.07, 6.45) is 4.86. The lowest BCUT2D eigenvalue weighted by atomic mass is 10.2. The standard InChI is InChI=1S/C26H29BrN7O4P/c1-36-11-9-34-10-12-38-22-13-19(21(37-2)14-20(22)34)32-26-30-15-16(27)25(33-26)31-18-6-5-17-23(29-8-7-28-17)24(18)39(3,4)35/h5-8,13-15H,9-12H2,1-4H3,(H2,30,31,32,33). The van der Waals surface area contributed by atoms with E-state index in [1.807, 2.05) is 24.3 Å². The van der Waals surface area contributed by atoms with Gasteiger partial charge in [0.1, 0.15) is 36.6 Å². The van der Waals surface area contributed by atoms with Crippen LogP contribution in [0.3, 0.4) is 0 Å². The Morgan fingerprint density at radius 2 is 1.92 bits per heavy atom. The van der Waals surface area contributed by atoms with Gasteiger partial charge in [-0.1, -0.05) is 0 Å². The maximum atomic E-state index is 13.3. The summed E-state index contributed by atoms with van der Waals surface area (Å²) < 4.78 is 30.8. The molecule has 39 heavy (non-hydrogen) atoms. The molecule has 0 fully saturated rings. The number of nitrogens with zero attached hydrogens (tertiary/aromatic N) is 5. The molecule has 0 unspecified atom stereocenters. The molecule has 204 valence electrons. The molecule has 0 aliphatic carbocycles. The van der Waals surface area contributed by atoms with Gasteiger partial charge in [-0.2, -0.15) is 4.98 Å². The second-order valence-electron chi connectivity index (χ2n) is 9.23. The minimum absolute atomic E-state index is 0.337. The summed E-state index contributed by atoms with van der Waals surface area (Å²) in [6, 6.07) is 7.50. The van der Waals surface area contributed by atoms with E-state index in [2.05, 4.69) is 51.4 Å². The highest BCUT2D eigenvalue weighted by molar-refractivity contribution is 9.10. The maximum Gasteiger partial charge on any atom is 0.229 e. The predicted molar refractivity (Wildman–Crippen MR) is 158 cm³/mol. The highest BCUT2D eigenvalue weighted by atomic mass is 79.9. The third-order valence-corrected chi connectivity index (χ3v) is 8.31. The van der Waals surface area contributed by atoms with Crippen LogP contribution in [-0.4, -0.2) is 73.8 Å². The number of rotatable bonds is 9. The maximum absolute atomic E-state index is 13.3. The van der Waals surface area contributed by atoms with E-state index >= 15 is 0 Å². The van der Waals surface area contributed by atoms with Crippen LogP contribution in [0.5, 0.6) is 11.5 Å². The first kappa shape index (κ1) is 27.1. The Kier molecular flexibility index (Phi) is 7.88. The van der Waals surface area contributed by atoms with Crippen molar-refractivity contribution in [3.63, 3.8) is 0 Å². The fourth-order valence-electron chi connectivity index (χ4n) is 4.43. The van der Waals surface area contributed by atoms with Gasteiger partial charge >= 0.3 is 0 Å². The van der Waals surface area contributed by atoms with E-state index in [4.69, 9.17) is 14.2 Å². The Balaban J connectivity index is 1.47. The molecule has 3 heterocycles. The first-order valence-corrected chi connectivity index (χ1v) is 15.6. The molecule has 1 aliphatic heterocycles. The molecule has 0 radical (unpaired) electrons. The smallest absolute Gasteiger partial charge is 0.229 e. The van der Waals surface area contributed by atoms with Crippen molar-refractivity contribution in [2.45, 2.75) is 0 Å². The van der Waals surface area contributed by atoms with Gasteiger partial charge in [0, 0.05) is 44.4 Å². The zero-order chi connectivity index (χ0) is 27.6. The third-order valence-electron chi connectivity index (χ3n) is 6.20. The van der Waals surface area contributed by atoms with Crippen molar-refractivity contribution < 1.29 is 18.8 Å². The minimum atomic E-state index is -2.74. The van der Waals surface area contributed by atoms with Gasteiger partial charge in [-0.15, -0.1) is 0 Å². The second-order valence-corrected chi connectivity index (χ2v) is 13.2. The minimum Gasteiger partial charge on any atom is -0.494 e. The summed E-state index contributed by atoms with van der Waals surface area (Å²) in [6.45, 7) is 6.12. The Morgan fingerprint density at radius 3 is 2.69 bits per heavy atom. The average Bonchev–Trinajstić information content (AvgIpc) is 2.92. The fourth-order valence-corrected chi connectivity index (χ4v) is 6.11. The van der Waals surface area contributed by atoms with Crippen LogP contribution in [-0.2, 0) is 9.30 Å². The van der Waals surface area contributed by atoms with Crippen LogP contribution < -0.4 is 30.3 Å². The van der Waals surface area contributed by atoms with Crippen molar-refractivity contribution in [1.29, 1.82) is 0 Å². The lowest BCUT2D eigenvalue weighted by molar-refractivity contribution is 0.201. The summed E-state index contributed by atoms with van der Waals surface area (Å²) in [5.74, 6) is 2.18. The highest BCUT2D eigenvalue weighted by Gasteiger charge is 2.24. The third kappa shape index (κ3) is 5.78. The molecule has 2 aromatic carbocycles. The van der Waals surface area contributed by atoms with Crippen LogP contribution in [0, 0.1) is 0 Å². The Hall–Kier alpha value is -3.47. The quantitative estimate of drug-likeness (QED) is 0.254. The van der Waals surface area contributed by atoms with E-state index < -0.39 is 7.14 Å². The number of anilines is 5. The fraction of sp³-hybridized carbons (Fsp3) is 0.308. The van der Waals surface area contributed by atoms with Crippen molar-refractivity contribution >= 4 is 68.2 Å². The van der Waals surface area contributed by atoms with E-state index in [0.29, 0.717) is 62.9 Å². The first-order chi connectivity index (χ1) is 18.8. The molecule has 13 heteroatoms. The SMILES string of the molecule is COCCN1CCOc2cc(Nc3ncc(Br)c(Nc4ccc5nccnc5c4P(C)(C)=O)n3)c(OC)cc21. The molecule has 2 aromatic heterocycles. The van der Waals surface area contributed by atoms with E-state index in [1.54, 1.807) is 46.1 Å². The van der Waals surface area contributed by atoms with Gasteiger partial charge in [-0.3, -0.25) is 9.97 Å². The lowest BCUT2D eigenvalue weighted by Crippen LogP contribution is -2.35. The van der Waals surface area contributed by atoms with Crippen LogP contribution in [0.1, 0.15) is 0 Å². The summed E-state index contributed by atoms with van der Waals surface area (Å²) >= 11 is 3.53. The zero-order valence-corrected chi connectivity index (χ0v) is 24.5. The predicted octanol–water partition coefficient (Wildman–Crippen LogP) is 4.77. The number of methoxy groups -OCH3 is 2. The van der Waals surface area contributed by atoms with Gasteiger partial charge in [0.05, 0.1) is 52.6 Å². The molecule has 0 atom stereocenters. The summed E-state index contributed by atoms with van der Waals surface area (Å²) in [5.41, 5.74) is 3.51. The van der Waals surface area contributed by atoms with Crippen molar-refractivity contribution in [2.24, 2.45) is 0 Å². The number of nitrogens with one attached hydrogen (secondary N) is 2. The van der Waals surface area contributed by atoms with Crippen LogP contribution in [0.25, 0.3) is 11.0 Å². The lowest BCUT2D eigenvalue weighted by Gasteiger charge is -2.32. The van der Waals surface area contributed by atoms with Crippen molar-refractivity contribution in [3.05, 3.63) is 47.3 Å². The molecule has 11 nitrogen and oxygen atoms in total. The van der Waals surface area contributed by atoms with Gasteiger partial charge in [-0.25, -0.2) is 4.98 Å². The van der Waals surface area contributed by atoms with Crippen LogP contribution >= 0.6 is 23.1 Å². The summed E-state index contributed by atoms with van der Waals surface area (Å²) in [5, 5.41) is 7.18. The van der Waals surface area contributed by atoms with Gasteiger partial charge in [-0.05, 0) is 41.4 Å². The normalized spacial score (nSPS) is 13.1. The van der Waals surface area contributed by atoms with Crippen molar-refractivity contribution in [2.75, 3.05) is 69.4 Å². The molecular formula is C26H29BrN7O4P. The topological polar surface area (TPSA) is 124 Å². The Morgan fingerprint density at radius 1 is 1.10 bits per heavy atom. The molecule has 1 aliphatic rings. The Bertz CT molecular complexity index is 1570. The van der Waals surface area contributed by atoms with Crippen LogP contribution in [0.4, 0.5) is 28.8 Å². The van der Waals surface area contributed by atoms with Crippen molar-refractivity contribution in [1.82, 2.24) is 19.9 Å². The zero-order valence-electron chi connectivity index (χ0n) is 22.1. The van der Waals surface area contributed by atoms with Gasteiger partial charge < -0.3 is 34.3 Å². The molecule has 0 spiro atoms. The summed E-state index contributed by atoms with van der Waals surface area (Å²) in [7, 11) is 0.567.